The molecule has 0 aliphatic heterocycles. The Morgan fingerprint density at radius 3 is 2.61 bits per heavy atom. The number of H-pyrrole nitrogens is 1. The summed E-state index contributed by atoms with van der Waals surface area (Å²) in [7, 11) is 0. The fraction of sp³-hybridized carbons (Fsp3) is 0.500. The zero-order valence-corrected chi connectivity index (χ0v) is 9.83. The summed E-state index contributed by atoms with van der Waals surface area (Å²) in [4.78, 5) is 28.3. The minimum atomic E-state index is -1.18. The number of aliphatic carboxylic acids is 2. The number of imidazole rings is 1. The molecule has 0 bridgehead atoms. The van der Waals surface area contributed by atoms with E-state index in [0.29, 0.717) is 5.69 Å². The van der Waals surface area contributed by atoms with E-state index in [1.807, 2.05) is 0 Å². The van der Waals surface area contributed by atoms with Crippen molar-refractivity contribution in [2.75, 3.05) is 0 Å². The maximum atomic E-state index is 11.1. The van der Waals surface area contributed by atoms with Gasteiger partial charge in [-0.1, -0.05) is 0 Å². The molecule has 0 aromatic carbocycles. The molecule has 18 heavy (non-hydrogen) atoms. The summed E-state index contributed by atoms with van der Waals surface area (Å²) in [5.41, 5.74) is 6.05. The maximum Gasteiger partial charge on any atom is 0.322 e. The number of carbonyl (C=O) groups is 2. The van der Waals surface area contributed by atoms with Crippen molar-refractivity contribution in [3.8, 4) is 0 Å². The average Bonchev–Trinajstić information content (AvgIpc) is 2.79. The minimum absolute atomic E-state index is 0.173. The molecule has 1 heterocycles. The third kappa shape index (κ3) is 3.82. The highest BCUT2D eigenvalue weighted by Crippen LogP contribution is 2.01. The Balaban J connectivity index is 2.63. The third-order valence-corrected chi connectivity index (χ3v) is 2.56. The van der Waals surface area contributed by atoms with Gasteiger partial charge in [0.25, 0.3) is 0 Å². The Hall–Kier alpha value is -1.93. The van der Waals surface area contributed by atoms with Crippen molar-refractivity contribution >= 4 is 11.9 Å². The first-order valence-electron chi connectivity index (χ1n) is 5.36. The van der Waals surface area contributed by atoms with Crippen molar-refractivity contribution in [1.29, 1.82) is 0 Å². The van der Waals surface area contributed by atoms with E-state index in [2.05, 4.69) is 15.3 Å². The van der Waals surface area contributed by atoms with Crippen LogP contribution in [0.15, 0.2) is 12.5 Å². The van der Waals surface area contributed by atoms with Crippen LogP contribution in [0.1, 0.15) is 12.6 Å². The number of hydrogen-bond acceptors (Lipinski definition) is 5. The molecule has 0 radical (unpaired) electrons. The number of carboxylic acid groups (broad SMARTS) is 2. The van der Waals surface area contributed by atoms with Crippen molar-refractivity contribution in [3.63, 3.8) is 0 Å². The summed E-state index contributed by atoms with van der Waals surface area (Å²) >= 11 is 0. The lowest BCUT2D eigenvalue weighted by Crippen LogP contribution is -2.53. The van der Waals surface area contributed by atoms with E-state index < -0.39 is 30.1 Å². The van der Waals surface area contributed by atoms with E-state index in [9.17, 15) is 9.59 Å². The summed E-state index contributed by atoms with van der Waals surface area (Å²) < 4.78 is 0. The van der Waals surface area contributed by atoms with Crippen LogP contribution in [0.4, 0.5) is 0 Å². The quantitative estimate of drug-likeness (QED) is 0.412. The molecular formula is C10H16N4O4. The van der Waals surface area contributed by atoms with Crippen molar-refractivity contribution in [1.82, 2.24) is 15.3 Å². The molecule has 6 N–H and O–H groups in total. The van der Waals surface area contributed by atoms with Crippen molar-refractivity contribution < 1.29 is 19.8 Å². The van der Waals surface area contributed by atoms with Gasteiger partial charge < -0.3 is 20.9 Å². The summed E-state index contributed by atoms with van der Waals surface area (Å²) in [6.45, 7) is 1.53. The molecule has 3 atom stereocenters. The largest absolute Gasteiger partial charge is 0.480 e. The number of nitrogens with two attached hydrogens (primary N) is 1. The van der Waals surface area contributed by atoms with Gasteiger partial charge >= 0.3 is 11.9 Å². The highest BCUT2D eigenvalue weighted by molar-refractivity contribution is 5.75. The van der Waals surface area contributed by atoms with Gasteiger partial charge in [-0.25, -0.2) is 4.98 Å². The van der Waals surface area contributed by atoms with Crippen LogP contribution in [-0.2, 0) is 16.0 Å². The van der Waals surface area contributed by atoms with Crippen LogP contribution in [0.3, 0.4) is 0 Å². The second kappa shape index (κ2) is 6.12. The van der Waals surface area contributed by atoms with E-state index in [1.165, 1.54) is 19.4 Å². The van der Waals surface area contributed by atoms with E-state index in [-0.39, 0.29) is 6.42 Å². The lowest BCUT2D eigenvalue weighted by molar-refractivity contribution is -0.142. The van der Waals surface area contributed by atoms with Crippen LogP contribution in [-0.4, -0.2) is 50.2 Å². The molecule has 0 fully saturated rings. The molecule has 100 valence electrons. The van der Waals surface area contributed by atoms with Crippen molar-refractivity contribution in [2.45, 2.75) is 31.5 Å². The highest BCUT2D eigenvalue weighted by Gasteiger charge is 2.26. The molecule has 0 amide bonds. The van der Waals surface area contributed by atoms with Crippen LogP contribution >= 0.6 is 0 Å². The Kier molecular flexibility index (Phi) is 4.81. The normalized spacial score (nSPS) is 15.9. The Labute approximate surface area is 103 Å². The molecule has 1 aromatic heterocycles. The summed E-state index contributed by atoms with van der Waals surface area (Å²) in [5.74, 6) is -2.25. The Morgan fingerprint density at radius 1 is 1.50 bits per heavy atom. The predicted molar refractivity (Wildman–Crippen MR) is 61.9 cm³/mol. The van der Waals surface area contributed by atoms with E-state index >= 15 is 0 Å². The minimum Gasteiger partial charge on any atom is -0.480 e. The number of aromatic amines is 1. The number of rotatable bonds is 7. The smallest absolute Gasteiger partial charge is 0.322 e. The zero-order valence-electron chi connectivity index (χ0n) is 9.83. The van der Waals surface area contributed by atoms with Crippen LogP contribution in [0, 0.1) is 0 Å². The van der Waals surface area contributed by atoms with E-state index in [4.69, 9.17) is 15.9 Å². The summed E-state index contributed by atoms with van der Waals surface area (Å²) in [6, 6.07) is -2.74. The SMILES string of the molecule is CC(NC(Cc1cnc[nH]1)C(=O)O)C(N)C(=O)O. The first-order chi connectivity index (χ1) is 8.41. The van der Waals surface area contributed by atoms with Crippen LogP contribution < -0.4 is 11.1 Å². The fourth-order valence-electron chi connectivity index (χ4n) is 1.47. The van der Waals surface area contributed by atoms with E-state index in [1.54, 1.807) is 0 Å². The average molecular weight is 256 g/mol. The molecule has 1 rings (SSSR count). The third-order valence-electron chi connectivity index (χ3n) is 2.56. The highest BCUT2D eigenvalue weighted by atomic mass is 16.4. The molecule has 8 nitrogen and oxygen atoms in total. The maximum absolute atomic E-state index is 11.1. The molecule has 0 spiro atoms. The van der Waals surface area contributed by atoms with Gasteiger partial charge in [-0.05, 0) is 6.92 Å². The number of nitrogens with zero attached hydrogens (tertiary/aromatic N) is 1. The molecule has 8 heteroatoms. The van der Waals surface area contributed by atoms with Gasteiger partial charge in [0.05, 0.1) is 6.33 Å². The first-order valence-corrected chi connectivity index (χ1v) is 5.36. The molecular weight excluding hydrogens is 240 g/mol. The number of hydrogen-bond donors (Lipinski definition) is 5. The van der Waals surface area contributed by atoms with Gasteiger partial charge in [-0.15, -0.1) is 0 Å². The number of nitrogens with one attached hydrogen (secondary N) is 2. The Bertz CT molecular complexity index is 406. The second-order valence-corrected chi connectivity index (χ2v) is 3.99. The zero-order chi connectivity index (χ0) is 13.7. The van der Waals surface area contributed by atoms with Crippen LogP contribution in [0.5, 0.6) is 0 Å². The monoisotopic (exact) mass is 256 g/mol. The van der Waals surface area contributed by atoms with Gasteiger partial charge in [0.1, 0.15) is 12.1 Å². The predicted octanol–water partition coefficient (Wildman–Crippen LogP) is -1.20. The molecule has 0 aliphatic rings. The topological polar surface area (TPSA) is 141 Å². The molecule has 3 unspecified atom stereocenters. The molecule has 0 aliphatic carbocycles. The van der Waals surface area contributed by atoms with E-state index in [0.717, 1.165) is 0 Å². The lowest BCUT2D eigenvalue weighted by atomic mass is 10.1. The number of carboxylic acids is 2. The first kappa shape index (κ1) is 14.1. The molecule has 1 aromatic rings. The fourth-order valence-corrected chi connectivity index (χ4v) is 1.47. The second-order valence-electron chi connectivity index (χ2n) is 3.99. The lowest BCUT2D eigenvalue weighted by Gasteiger charge is -2.22. The Morgan fingerprint density at radius 2 is 2.17 bits per heavy atom. The van der Waals surface area contributed by atoms with Gasteiger partial charge in [0.15, 0.2) is 0 Å². The standard InChI is InChI=1S/C10H16N4O4/c1-5(8(11)10(17)18)14-7(9(15)16)2-6-3-12-4-13-6/h3-5,7-8,14H,2,11H2,1H3,(H,12,13)(H,15,16)(H,17,18). The van der Waals surface area contributed by atoms with Crippen molar-refractivity contribution in [2.24, 2.45) is 5.73 Å². The summed E-state index contributed by atoms with van der Waals surface area (Å²) in [6.07, 6.45) is 3.13. The van der Waals surface area contributed by atoms with Crippen LogP contribution in [0.2, 0.25) is 0 Å². The van der Waals surface area contributed by atoms with Crippen molar-refractivity contribution in [3.05, 3.63) is 18.2 Å². The van der Waals surface area contributed by atoms with Gasteiger partial charge in [0.2, 0.25) is 0 Å². The molecule has 0 saturated carbocycles. The van der Waals surface area contributed by atoms with Gasteiger partial charge in [-0.2, -0.15) is 0 Å². The van der Waals surface area contributed by atoms with Gasteiger partial charge in [0, 0.05) is 24.4 Å². The van der Waals surface area contributed by atoms with Crippen LogP contribution in [0.25, 0.3) is 0 Å². The molecule has 0 saturated heterocycles. The number of aromatic nitrogens is 2. The van der Waals surface area contributed by atoms with Gasteiger partial charge in [-0.3, -0.25) is 14.9 Å². The summed E-state index contributed by atoms with van der Waals surface area (Å²) in [5, 5.41) is 20.5.